The number of carbonyl (C=O) groups excluding carboxylic acids is 2. The summed E-state index contributed by atoms with van der Waals surface area (Å²) in [5, 5.41) is 2.48. The van der Waals surface area contributed by atoms with Crippen molar-refractivity contribution in [2.24, 2.45) is 0 Å². The summed E-state index contributed by atoms with van der Waals surface area (Å²) < 4.78 is 4.93. The first kappa shape index (κ1) is 12.8. The number of rotatable bonds is 4. The van der Waals surface area contributed by atoms with Crippen molar-refractivity contribution < 1.29 is 14.3 Å². The number of benzene rings is 1. The van der Waals surface area contributed by atoms with E-state index < -0.39 is 5.97 Å². The molecular weight excluding hydrogens is 244 g/mol. The number of carbonyl (C=O) groups is 2. The van der Waals surface area contributed by atoms with E-state index in [2.05, 4.69) is 10.3 Å². The Balaban J connectivity index is 1.81. The standard InChI is InChI=1S/C14H12N2O3/c17-13(12-7-4-8-15-9-12)16-10-19-14(18)11-5-2-1-3-6-11/h1-9H,10H2,(H,16,17). The predicted molar refractivity (Wildman–Crippen MR) is 68.4 cm³/mol. The molecule has 19 heavy (non-hydrogen) atoms. The van der Waals surface area contributed by atoms with Crippen molar-refractivity contribution in [3.8, 4) is 0 Å². The Morgan fingerprint density at radius 3 is 2.47 bits per heavy atom. The largest absolute Gasteiger partial charge is 0.441 e. The lowest BCUT2D eigenvalue weighted by atomic mass is 10.2. The lowest BCUT2D eigenvalue weighted by Crippen LogP contribution is -2.27. The highest BCUT2D eigenvalue weighted by Gasteiger charge is 2.08. The predicted octanol–water partition coefficient (Wildman–Crippen LogP) is 1.63. The molecule has 2 rings (SSSR count). The number of pyridine rings is 1. The first-order valence-electron chi connectivity index (χ1n) is 5.68. The smallest absolute Gasteiger partial charge is 0.339 e. The average molecular weight is 256 g/mol. The van der Waals surface area contributed by atoms with E-state index >= 15 is 0 Å². The molecule has 1 amide bonds. The van der Waals surface area contributed by atoms with E-state index in [0.717, 1.165) is 0 Å². The monoisotopic (exact) mass is 256 g/mol. The van der Waals surface area contributed by atoms with Crippen molar-refractivity contribution in [3.05, 3.63) is 66.0 Å². The minimum Gasteiger partial charge on any atom is -0.441 e. The minimum absolute atomic E-state index is 0.179. The Kier molecular flexibility index (Phi) is 4.23. The fraction of sp³-hybridized carbons (Fsp3) is 0.0714. The van der Waals surface area contributed by atoms with Crippen LogP contribution < -0.4 is 5.32 Å². The maximum Gasteiger partial charge on any atom is 0.339 e. The molecular formula is C14H12N2O3. The third-order valence-corrected chi connectivity index (χ3v) is 2.37. The summed E-state index contributed by atoms with van der Waals surface area (Å²) in [4.78, 5) is 27.0. The topological polar surface area (TPSA) is 68.3 Å². The second-order valence-corrected chi connectivity index (χ2v) is 3.69. The van der Waals surface area contributed by atoms with Crippen molar-refractivity contribution in [1.29, 1.82) is 0 Å². The molecule has 2 aromatic rings. The average Bonchev–Trinajstić information content (AvgIpc) is 2.49. The van der Waals surface area contributed by atoms with E-state index in [-0.39, 0.29) is 12.6 Å². The number of hydrogen-bond acceptors (Lipinski definition) is 4. The summed E-state index contributed by atoms with van der Waals surface area (Å²) in [7, 11) is 0. The molecule has 1 N–H and O–H groups in total. The number of nitrogens with one attached hydrogen (secondary N) is 1. The van der Waals surface area contributed by atoms with Crippen molar-refractivity contribution in [1.82, 2.24) is 10.3 Å². The summed E-state index contributed by atoms with van der Waals surface area (Å²) >= 11 is 0. The summed E-state index contributed by atoms with van der Waals surface area (Å²) in [6.45, 7) is -0.179. The maximum absolute atomic E-state index is 11.6. The van der Waals surface area contributed by atoms with Gasteiger partial charge in [-0.2, -0.15) is 0 Å². The van der Waals surface area contributed by atoms with Crippen LogP contribution >= 0.6 is 0 Å². The van der Waals surface area contributed by atoms with Crippen LogP contribution in [0.4, 0.5) is 0 Å². The molecule has 1 aromatic carbocycles. The molecule has 0 aliphatic heterocycles. The van der Waals surface area contributed by atoms with Crippen LogP contribution in [-0.4, -0.2) is 23.6 Å². The molecule has 0 bridgehead atoms. The molecule has 0 atom stereocenters. The molecule has 0 saturated carbocycles. The highest BCUT2D eigenvalue weighted by atomic mass is 16.5. The molecule has 0 fully saturated rings. The van der Waals surface area contributed by atoms with Gasteiger partial charge in [0.15, 0.2) is 6.73 Å². The zero-order chi connectivity index (χ0) is 13.5. The number of hydrogen-bond donors (Lipinski definition) is 1. The molecule has 0 spiro atoms. The SMILES string of the molecule is O=C(NCOC(=O)c1ccccc1)c1cccnc1. The van der Waals surface area contributed by atoms with E-state index in [1.54, 1.807) is 48.7 Å². The normalized spacial score (nSPS) is 9.68. The van der Waals surface area contributed by atoms with Gasteiger partial charge >= 0.3 is 5.97 Å². The van der Waals surface area contributed by atoms with Crippen molar-refractivity contribution >= 4 is 11.9 Å². The van der Waals surface area contributed by atoms with E-state index in [1.165, 1.54) is 6.20 Å². The van der Waals surface area contributed by atoms with Crippen LogP contribution in [0.3, 0.4) is 0 Å². The van der Waals surface area contributed by atoms with Crippen LogP contribution in [0.2, 0.25) is 0 Å². The third kappa shape index (κ3) is 3.64. The number of esters is 1. The van der Waals surface area contributed by atoms with Crippen LogP contribution in [0.25, 0.3) is 0 Å². The van der Waals surface area contributed by atoms with Gasteiger partial charge in [-0.05, 0) is 24.3 Å². The Hall–Kier alpha value is -2.69. The van der Waals surface area contributed by atoms with Gasteiger partial charge in [0.05, 0.1) is 11.1 Å². The number of ether oxygens (including phenoxy) is 1. The third-order valence-electron chi connectivity index (χ3n) is 2.37. The van der Waals surface area contributed by atoms with Crippen LogP contribution in [-0.2, 0) is 4.74 Å². The van der Waals surface area contributed by atoms with E-state index in [4.69, 9.17) is 4.74 Å². The Morgan fingerprint density at radius 1 is 1.05 bits per heavy atom. The molecule has 0 aliphatic rings. The number of amides is 1. The lowest BCUT2D eigenvalue weighted by Gasteiger charge is -2.06. The van der Waals surface area contributed by atoms with Gasteiger partial charge in [-0.3, -0.25) is 9.78 Å². The molecule has 0 unspecified atom stereocenters. The number of aromatic nitrogens is 1. The highest BCUT2D eigenvalue weighted by molar-refractivity contribution is 5.94. The summed E-state index contributed by atoms with van der Waals surface area (Å²) in [5.41, 5.74) is 0.858. The first-order valence-corrected chi connectivity index (χ1v) is 5.68. The van der Waals surface area contributed by atoms with Gasteiger partial charge in [0, 0.05) is 12.4 Å². The summed E-state index contributed by atoms with van der Waals surface area (Å²) in [6, 6.07) is 11.9. The summed E-state index contributed by atoms with van der Waals surface area (Å²) in [5.74, 6) is -0.818. The fourth-order valence-electron chi connectivity index (χ4n) is 1.42. The molecule has 5 heteroatoms. The zero-order valence-electron chi connectivity index (χ0n) is 10.1. The van der Waals surface area contributed by atoms with Gasteiger partial charge in [-0.15, -0.1) is 0 Å². The fourth-order valence-corrected chi connectivity index (χ4v) is 1.42. The van der Waals surface area contributed by atoms with Crippen LogP contribution in [0.15, 0.2) is 54.9 Å². The molecule has 0 saturated heterocycles. The van der Waals surface area contributed by atoms with Gasteiger partial charge in [0.25, 0.3) is 5.91 Å². The van der Waals surface area contributed by atoms with E-state index in [0.29, 0.717) is 11.1 Å². The van der Waals surface area contributed by atoms with Gasteiger partial charge in [0.2, 0.25) is 0 Å². The molecule has 5 nitrogen and oxygen atoms in total. The quantitative estimate of drug-likeness (QED) is 0.666. The molecule has 1 heterocycles. The highest BCUT2D eigenvalue weighted by Crippen LogP contribution is 2.00. The Bertz CT molecular complexity index is 504. The van der Waals surface area contributed by atoms with Crippen LogP contribution in [0, 0.1) is 0 Å². The second-order valence-electron chi connectivity index (χ2n) is 3.69. The minimum atomic E-state index is -0.480. The second kappa shape index (κ2) is 6.30. The lowest BCUT2D eigenvalue weighted by molar-refractivity contribution is 0.0464. The maximum atomic E-state index is 11.6. The molecule has 96 valence electrons. The van der Waals surface area contributed by atoms with Crippen LogP contribution in [0.1, 0.15) is 20.7 Å². The first-order chi connectivity index (χ1) is 9.27. The molecule has 1 aromatic heterocycles. The Labute approximate surface area is 110 Å². The number of nitrogens with zero attached hydrogens (tertiary/aromatic N) is 1. The zero-order valence-corrected chi connectivity index (χ0v) is 10.1. The van der Waals surface area contributed by atoms with Gasteiger partial charge in [0.1, 0.15) is 0 Å². The van der Waals surface area contributed by atoms with Gasteiger partial charge in [-0.1, -0.05) is 18.2 Å². The summed E-state index contributed by atoms with van der Waals surface area (Å²) in [6.07, 6.45) is 3.01. The van der Waals surface area contributed by atoms with Crippen molar-refractivity contribution in [3.63, 3.8) is 0 Å². The van der Waals surface area contributed by atoms with Crippen molar-refractivity contribution in [2.75, 3.05) is 6.73 Å². The van der Waals surface area contributed by atoms with E-state index in [9.17, 15) is 9.59 Å². The molecule has 0 aliphatic carbocycles. The molecule has 0 radical (unpaired) electrons. The van der Waals surface area contributed by atoms with Crippen molar-refractivity contribution in [2.45, 2.75) is 0 Å². The van der Waals surface area contributed by atoms with E-state index in [1.807, 2.05) is 0 Å². The van der Waals surface area contributed by atoms with Crippen LogP contribution in [0.5, 0.6) is 0 Å². The van der Waals surface area contributed by atoms with Gasteiger partial charge in [-0.25, -0.2) is 4.79 Å². The van der Waals surface area contributed by atoms with Gasteiger partial charge < -0.3 is 10.1 Å². The Morgan fingerprint density at radius 2 is 1.79 bits per heavy atom.